The minimum Gasteiger partial charge on any atom is -0.466 e. The lowest BCUT2D eigenvalue weighted by Crippen LogP contribution is -2.36. The van der Waals surface area contributed by atoms with E-state index in [1.54, 1.807) is 25.7 Å². The van der Waals surface area contributed by atoms with Gasteiger partial charge in [-0.05, 0) is 92.4 Å². The summed E-state index contributed by atoms with van der Waals surface area (Å²) in [6, 6.07) is 0. The SMILES string of the molecule is C1=CC2C(C1)C1CC2C2C3CCC(C3)C12.COC(=O)C=CC(C)=O. The Kier molecular flexibility index (Phi) is 4.14. The molecule has 5 aliphatic rings. The molecule has 4 saturated carbocycles. The second-order valence-corrected chi connectivity index (χ2v) is 8.42. The van der Waals surface area contributed by atoms with E-state index in [0.29, 0.717) is 0 Å². The Morgan fingerprint density at radius 1 is 1.00 bits per heavy atom. The Morgan fingerprint density at radius 3 is 2.38 bits per heavy atom. The summed E-state index contributed by atoms with van der Waals surface area (Å²) in [5.74, 6) is 8.51. The zero-order chi connectivity index (χ0) is 16.8. The fourth-order valence-corrected chi connectivity index (χ4v) is 7.02. The van der Waals surface area contributed by atoms with E-state index >= 15 is 0 Å². The van der Waals surface area contributed by atoms with Gasteiger partial charge in [0.25, 0.3) is 0 Å². The van der Waals surface area contributed by atoms with Gasteiger partial charge in [0.15, 0.2) is 5.78 Å². The molecule has 4 fully saturated rings. The first kappa shape index (κ1) is 16.1. The van der Waals surface area contributed by atoms with Gasteiger partial charge in [0, 0.05) is 6.08 Å². The summed E-state index contributed by atoms with van der Waals surface area (Å²) >= 11 is 0. The number of carbonyl (C=O) groups is 2. The molecule has 0 heterocycles. The summed E-state index contributed by atoms with van der Waals surface area (Å²) in [4.78, 5) is 20.4. The Balaban J connectivity index is 0.000000143. The van der Waals surface area contributed by atoms with Crippen molar-refractivity contribution in [2.45, 2.75) is 39.0 Å². The highest BCUT2D eigenvalue weighted by Crippen LogP contribution is 2.71. The molecule has 130 valence electrons. The van der Waals surface area contributed by atoms with Gasteiger partial charge in [-0.25, -0.2) is 4.79 Å². The smallest absolute Gasteiger partial charge is 0.330 e. The topological polar surface area (TPSA) is 43.4 Å². The molecule has 0 saturated heterocycles. The maximum absolute atomic E-state index is 10.3. The zero-order valence-corrected chi connectivity index (χ0v) is 14.7. The minimum absolute atomic E-state index is 0.166. The van der Waals surface area contributed by atoms with Gasteiger partial charge in [-0.3, -0.25) is 4.79 Å². The number of hydrogen-bond acceptors (Lipinski definition) is 3. The molecule has 0 amide bonds. The van der Waals surface area contributed by atoms with E-state index in [4.69, 9.17) is 0 Å². The van der Waals surface area contributed by atoms with Gasteiger partial charge in [-0.1, -0.05) is 12.2 Å². The number of fused-ring (bicyclic) bond motifs is 12. The van der Waals surface area contributed by atoms with Crippen molar-refractivity contribution in [1.82, 2.24) is 0 Å². The van der Waals surface area contributed by atoms with Gasteiger partial charge in [0.2, 0.25) is 0 Å². The minimum atomic E-state index is -0.509. The largest absolute Gasteiger partial charge is 0.466 e. The number of methoxy groups -OCH3 is 1. The molecule has 5 aliphatic carbocycles. The van der Waals surface area contributed by atoms with E-state index < -0.39 is 5.97 Å². The van der Waals surface area contributed by atoms with Crippen molar-refractivity contribution in [3.05, 3.63) is 24.3 Å². The molecule has 8 atom stereocenters. The first-order valence-corrected chi connectivity index (χ1v) is 9.53. The molecule has 5 rings (SSSR count). The van der Waals surface area contributed by atoms with Crippen LogP contribution in [0.1, 0.15) is 39.0 Å². The van der Waals surface area contributed by atoms with Crippen LogP contribution in [0.15, 0.2) is 24.3 Å². The summed E-state index contributed by atoms with van der Waals surface area (Å²) in [5, 5.41) is 0. The standard InChI is InChI=1S/C15H20.C6H8O3/c1-2-10-11(3-1)13-7-12(10)14-8-4-5-9(6-8)15(13)14;1-5(7)3-4-6(8)9-2/h1-2,8-15H,3-7H2;3-4H,1-2H3. The molecule has 0 radical (unpaired) electrons. The number of ketones is 1. The molecule has 4 bridgehead atoms. The highest BCUT2D eigenvalue weighted by Gasteiger charge is 2.65. The molecule has 0 aromatic carbocycles. The third kappa shape index (κ3) is 2.48. The summed E-state index contributed by atoms with van der Waals surface area (Å²) < 4.78 is 4.22. The van der Waals surface area contributed by atoms with E-state index in [9.17, 15) is 9.59 Å². The first-order chi connectivity index (χ1) is 11.6. The Labute approximate surface area is 144 Å². The van der Waals surface area contributed by atoms with Crippen LogP contribution in [0.3, 0.4) is 0 Å². The molecule has 0 N–H and O–H groups in total. The summed E-state index contributed by atoms with van der Waals surface area (Å²) in [7, 11) is 1.26. The lowest BCUT2D eigenvalue weighted by molar-refractivity contribution is -0.135. The van der Waals surface area contributed by atoms with E-state index in [1.807, 2.05) is 0 Å². The molecular formula is C21H28O3. The van der Waals surface area contributed by atoms with Crippen molar-refractivity contribution >= 4 is 11.8 Å². The Bertz CT molecular complexity index is 590. The van der Waals surface area contributed by atoms with Gasteiger partial charge in [-0.15, -0.1) is 0 Å². The maximum Gasteiger partial charge on any atom is 0.330 e. The average Bonchev–Trinajstić information content (AvgIpc) is 3.35. The van der Waals surface area contributed by atoms with E-state index in [1.165, 1.54) is 44.1 Å². The van der Waals surface area contributed by atoms with Crippen molar-refractivity contribution in [2.24, 2.45) is 47.3 Å². The molecule has 0 aliphatic heterocycles. The fraction of sp³-hybridized carbons (Fsp3) is 0.714. The van der Waals surface area contributed by atoms with Crippen LogP contribution in [0.4, 0.5) is 0 Å². The van der Waals surface area contributed by atoms with Crippen LogP contribution in [-0.4, -0.2) is 18.9 Å². The molecule has 24 heavy (non-hydrogen) atoms. The third-order valence-electron chi connectivity index (χ3n) is 7.54. The van der Waals surface area contributed by atoms with Crippen molar-refractivity contribution in [1.29, 1.82) is 0 Å². The molecule has 8 unspecified atom stereocenters. The van der Waals surface area contributed by atoms with Crippen molar-refractivity contribution in [3.8, 4) is 0 Å². The molecule has 0 aromatic rings. The Morgan fingerprint density at radius 2 is 1.71 bits per heavy atom. The summed E-state index contributed by atoms with van der Waals surface area (Å²) in [6.07, 6.45) is 15.2. The van der Waals surface area contributed by atoms with Gasteiger partial charge in [0.1, 0.15) is 0 Å². The number of rotatable bonds is 2. The van der Waals surface area contributed by atoms with E-state index in [2.05, 4.69) is 16.9 Å². The number of hydrogen-bond donors (Lipinski definition) is 0. The van der Waals surface area contributed by atoms with Crippen molar-refractivity contribution in [2.75, 3.05) is 7.11 Å². The average molecular weight is 328 g/mol. The summed E-state index contributed by atoms with van der Waals surface area (Å²) in [5.41, 5.74) is 0. The normalized spacial score (nSPS) is 45.9. The van der Waals surface area contributed by atoms with Crippen molar-refractivity contribution in [3.63, 3.8) is 0 Å². The number of ether oxygens (including phenoxy) is 1. The van der Waals surface area contributed by atoms with E-state index in [-0.39, 0.29) is 5.78 Å². The number of allylic oxidation sites excluding steroid dienone is 3. The number of esters is 1. The van der Waals surface area contributed by atoms with Crippen LogP contribution in [0.5, 0.6) is 0 Å². The van der Waals surface area contributed by atoms with Crippen LogP contribution in [-0.2, 0) is 14.3 Å². The van der Waals surface area contributed by atoms with Gasteiger partial charge >= 0.3 is 5.97 Å². The lowest BCUT2D eigenvalue weighted by Gasteiger charge is -2.40. The first-order valence-electron chi connectivity index (χ1n) is 9.53. The monoisotopic (exact) mass is 328 g/mol. The maximum atomic E-state index is 10.3. The third-order valence-corrected chi connectivity index (χ3v) is 7.54. The molecule has 0 aromatic heterocycles. The van der Waals surface area contributed by atoms with E-state index in [0.717, 1.165) is 35.8 Å². The van der Waals surface area contributed by atoms with Crippen molar-refractivity contribution < 1.29 is 14.3 Å². The molecule has 3 nitrogen and oxygen atoms in total. The number of carbonyl (C=O) groups excluding carboxylic acids is 2. The van der Waals surface area contributed by atoms with Crippen LogP contribution < -0.4 is 0 Å². The van der Waals surface area contributed by atoms with Crippen LogP contribution in [0, 0.1) is 47.3 Å². The molecular weight excluding hydrogens is 300 g/mol. The van der Waals surface area contributed by atoms with Crippen LogP contribution in [0.2, 0.25) is 0 Å². The van der Waals surface area contributed by atoms with Crippen LogP contribution >= 0.6 is 0 Å². The Hall–Kier alpha value is -1.38. The molecule has 3 heteroatoms. The quantitative estimate of drug-likeness (QED) is 0.335. The van der Waals surface area contributed by atoms with Crippen LogP contribution in [0.25, 0.3) is 0 Å². The second kappa shape index (κ2) is 6.16. The van der Waals surface area contributed by atoms with Gasteiger partial charge in [-0.2, -0.15) is 0 Å². The lowest BCUT2D eigenvalue weighted by atomic mass is 9.64. The zero-order valence-electron chi connectivity index (χ0n) is 14.7. The second-order valence-electron chi connectivity index (χ2n) is 8.42. The predicted octanol–water partition coefficient (Wildman–Crippen LogP) is 3.80. The fourth-order valence-electron chi connectivity index (χ4n) is 7.02. The summed E-state index contributed by atoms with van der Waals surface area (Å²) in [6.45, 7) is 1.36. The highest BCUT2D eigenvalue weighted by molar-refractivity contribution is 5.94. The van der Waals surface area contributed by atoms with Gasteiger partial charge < -0.3 is 4.74 Å². The van der Waals surface area contributed by atoms with Gasteiger partial charge in [0.05, 0.1) is 7.11 Å². The molecule has 0 spiro atoms. The highest BCUT2D eigenvalue weighted by atomic mass is 16.5. The predicted molar refractivity (Wildman–Crippen MR) is 92.0 cm³/mol.